The molecule has 1 aliphatic heterocycles. The molecule has 8 heteroatoms. The fourth-order valence-electron chi connectivity index (χ4n) is 2.56. The normalized spacial score (nSPS) is 14.2. The largest absolute Gasteiger partial charge is 0.502 e. The number of nitrogens with zero attached hydrogens (tertiary/aromatic N) is 1. The average molecular weight is 391 g/mol. The van der Waals surface area contributed by atoms with Crippen molar-refractivity contribution in [1.82, 2.24) is 0 Å². The SMILES string of the molecule is CC(=O)Nc1ccc(C2=C(O)C(=O)N(c3ccc(Cl)c(Cl)c3)C2=O)cc1. The Bertz CT molecular complexity index is 968. The summed E-state index contributed by atoms with van der Waals surface area (Å²) in [5.74, 6) is -2.43. The number of amides is 3. The molecule has 1 heterocycles. The first-order chi connectivity index (χ1) is 12.3. The maximum Gasteiger partial charge on any atom is 0.301 e. The van der Waals surface area contributed by atoms with E-state index in [1.54, 1.807) is 12.1 Å². The van der Waals surface area contributed by atoms with E-state index in [1.807, 2.05) is 0 Å². The van der Waals surface area contributed by atoms with Gasteiger partial charge in [0.25, 0.3) is 5.91 Å². The van der Waals surface area contributed by atoms with Crippen LogP contribution < -0.4 is 10.2 Å². The predicted molar refractivity (Wildman–Crippen MR) is 99.2 cm³/mol. The number of nitrogens with one attached hydrogen (secondary N) is 1. The van der Waals surface area contributed by atoms with Crippen molar-refractivity contribution in [2.45, 2.75) is 6.92 Å². The lowest BCUT2D eigenvalue weighted by Gasteiger charge is -2.15. The molecular weight excluding hydrogens is 379 g/mol. The molecule has 3 rings (SSSR count). The van der Waals surface area contributed by atoms with E-state index in [4.69, 9.17) is 23.2 Å². The topological polar surface area (TPSA) is 86.7 Å². The van der Waals surface area contributed by atoms with Gasteiger partial charge in [-0.1, -0.05) is 35.3 Å². The molecular formula is C18H12Cl2N2O4. The number of anilines is 2. The highest BCUT2D eigenvalue weighted by Crippen LogP contribution is 2.34. The zero-order valence-electron chi connectivity index (χ0n) is 13.4. The fraction of sp³-hybridized carbons (Fsp3) is 0.0556. The molecule has 1 aliphatic rings. The third-order valence-corrected chi connectivity index (χ3v) is 4.45. The first-order valence-electron chi connectivity index (χ1n) is 7.44. The lowest BCUT2D eigenvalue weighted by molar-refractivity contribution is -0.121. The minimum absolute atomic E-state index is 0.129. The molecule has 0 unspecified atom stereocenters. The highest BCUT2D eigenvalue weighted by molar-refractivity contribution is 6.46. The summed E-state index contributed by atoms with van der Waals surface area (Å²) in [5.41, 5.74) is 0.943. The molecule has 0 aliphatic carbocycles. The second-order valence-corrected chi connectivity index (χ2v) is 6.34. The van der Waals surface area contributed by atoms with Gasteiger partial charge in [0.05, 0.1) is 21.3 Å². The summed E-state index contributed by atoms with van der Waals surface area (Å²) in [5, 5.41) is 13.2. The van der Waals surface area contributed by atoms with Crippen LogP contribution in [-0.4, -0.2) is 22.8 Å². The summed E-state index contributed by atoms with van der Waals surface area (Å²) in [6.07, 6.45) is 0. The number of benzene rings is 2. The van der Waals surface area contributed by atoms with Gasteiger partial charge in [-0.2, -0.15) is 0 Å². The number of halogens is 2. The van der Waals surface area contributed by atoms with E-state index in [9.17, 15) is 19.5 Å². The van der Waals surface area contributed by atoms with Crippen LogP contribution >= 0.6 is 23.2 Å². The molecule has 0 fully saturated rings. The first kappa shape index (κ1) is 18.0. The second-order valence-electron chi connectivity index (χ2n) is 5.53. The van der Waals surface area contributed by atoms with E-state index in [2.05, 4.69) is 5.32 Å². The van der Waals surface area contributed by atoms with Crippen LogP contribution in [0.3, 0.4) is 0 Å². The van der Waals surface area contributed by atoms with Crippen molar-refractivity contribution in [2.75, 3.05) is 10.2 Å². The Morgan fingerprint density at radius 3 is 2.23 bits per heavy atom. The quantitative estimate of drug-likeness (QED) is 0.780. The molecule has 2 N–H and O–H groups in total. The molecule has 2 aromatic rings. The van der Waals surface area contributed by atoms with Crippen molar-refractivity contribution in [1.29, 1.82) is 0 Å². The molecule has 132 valence electrons. The summed E-state index contributed by atoms with van der Waals surface area (Å²) in [6, 6.07) is 10.5. The molecule has 0 atom stereocenters. The smallest absolute Gasteiger partial charge is 0.301 e. The number of aliphatic hydroxyl groups excluding tert-OH is 1. The van der Waals surface area contributed by atoms with Crippen LogP contribution in [-0.2, 0) is 14.4 Å². The Balaban J connectivity index is 1.96. The zero-order chi connectivity index (χ0) is 19.0. The molecule has 26 heavy (non-hydrogen) atoms. The van der Waals surface area contributed by atoms with Gasteiger partial charge in [0.2, 0.25) is 5.91 Å². The maximum atomic E-state index is 12.7. The van der Waals surface area contributed by atoms with Crippen LogP contribution in [0, 0.1) is 0 Å². The van der Waals surface area contributed by atoms with Crippen LogP contribution in [0.25, 0.3) is 5.57 Å². The van der Waals surface area contributed by atoms with Gasteiger partial charge in [0.15, 0.2) is 5.76 Å². The summed E-state index contributed by atoms with van der Waals surface area (Å²) in [4.78, 5) is 37.0. The minimum atomic E-state index is -0.852. The van der Waals surface area contributed by atoms with Gasteiger partial charge in [0.1, 0.15) is 0 Å². The third kappa shape index (κ3) is 3.16. The lowest BCUT2D eigenvalue weighted by atomic mass is 10.1. The Morgan fingerprint density at radius 2 is 1.65 bits per heavy atom. The Kier molecular flexibility index (Phi) is 4.71. The highest BCUT2D eigenvalue weighted by Gasteiger charge is 2.40. The molecule has 0 saturated heterocycles. The molecule has 2 aromatic carbocycles. The van der Waals surface area contributed by atoms with Crippen molar-refractivity contribution in [3.8, 4) is 0 Å². The van der Waals surface area contributed by atoms with Crippen molar-refractivity contribution in [3.63, 3.8) is 0 Å². The Hall–Kier alpha value is -2.83. The molecule has 0 bridgehead atoms. The van der Waals surface area contributed by atoms with Gasteiger partial charge in [-0.3, -0.25) is 14.4 Å². The Labute approximate surface area is 158 Å². The van der Waals surface area contributed by atoms with Crippen molar-refractivity contribution in [2.24, 2.45) is 0 Å². The molecule has 3 amide bonds. The van der Waals surface area contributed by atoms with E-state index in [0.29, 0.717) is 11.3 Å². The lowest BCUT2D eigenvalue weighted by Crippen LogP contribution is -2.31. The van der Waals surface area contributed by atoms with Crippen LogP contribution in [0.15, 0.2) is 48.2 Å². The number of rotatable bonds is 3. The Morgan fingerprint density at radius 1 is 1.00 bits per heavy atom. The minimum Gasteiger partial charge on any atom is -0.502 e. The van der Waals surface area contributed by atoms with Gasteiger partial charge in [-0.25, -0.2) is 4.90 Å². The van der Waals surface area contributed by atoms with Gasteiger partial charge in [-0.15, -0.1) is 0 Å². The number of hydrogen-bond donors (Lipinski definition) is 2. The maximum absolute atomic E-state index is 12.7. The van der Waals surface area contributed by atoms with E-state index in [1.165, 1.54) is 37.3 Å². The van der Waals surface area contributed by atoms with E-state index < -0.39 is 17.6 Å². The summed E-state index contributed by atoms with van der Waals surface area (Å²) in [6.45, 7) is 1.37. The summed E-state index contributed by atoms with van der Waals surface area (Å²) < 4.78 is 0. The van der Waals surface area contributed by atoms with Crippen LogP contribution in [0.2, 0.25) is 10.0 Å². The standard InChI is InChI=1S/C18H12Cl2N2O4/c1-9(23)21-11-4-2-10(3-5-11)15-16(24)18(26)22(17(15)25)12-6-7-13(19)14(20)8-12/h2-8,24H,1H3,(H,21,23). The van der Waals surface area contributed by atoms with Crippen molar-refractivity contribution >= 4 is 57.9 Å². The zero-order valence-corrected chi connectivity index (χ0v) is 14.9. The van der Waals surface area contributed by atoms with Crippen LogP contribution in [0.4, 0.5) is 11.4 Å². The first-order valence-corrected chi connectivity index (χ1v) is 8.20. The number of hydrogen-bond acceptors (Lipinski definition) is 4. The molecule has 0 radical (unpaired) electrons. The van der Waals surface area contributed by atoms with Gasteiger partial charge in [-0.05, 0) is 35.9 Å². The predicted octanol–water partition coefficient (Wildman–Crippen LogP) is 3.79. The summed E-state index contributed by atoms with van der Waals surface area (Å²) in [7, 11) is 0. The van der Waals surface area contributed by atoms with Crippen LogP contribution in [0.1, 0.15) is 12.5 Å². The molecule has 0 saturated carbocycles. The third-order valence-electron chi connectivity index (χ3n) is 3.71. The molecule has 6 nitrogen and oxygen atoms in total. The number of imide groups is 1. The molecule has 0 spiro atoms. The average Bonchev–Trinajstić information content (AvgIpc) is 2.80. The van der Waals surface area contributed by atoms with Crippen molar-refractivity contribution in [3.05, 3.63) is 63.8 Å². The fourth-order valence-corrected chi connectivity index (χ4v) is 2.85. The van der Waals surface area contributed by atoms with Crippen molar-refractivity contribution < 1.29 is 19.5 Å². The summed E-state index contributed by atoms with van der Waals surface area (Å²) >= 11 is 11.8. The van der Waals surface area contributed by atoms with Gasteiger partial charge < -0.3 is 10.4 Å². The number of carbonyl (C=O) groups excluding carboxylic acids is 3. The van der Waals surface area contributed by atoms with E-state index in [-0.39, 0.29) is 27.2 Å². The van der Waals surface area contributed by atoms with E-state index in [0.717, 1.165) is 4.90 Å². The monoisotopic (exact) mass is 390 g/mol. The number of carbonyl (C=O) groups is 3. The van der Waals surface area contributed by atoms with Crippen LogP contribution in [0.5, 0.6) is 0 Å². The second kappa shape index (κ2) is 6.82. The van der Waals surface area contributed by atoms with Gasteiger partial charge in [0, 0.05) is 12.6 Å². The van der Waals surface area contributed by atoms with Gasteiger partial charge >= 0.3 is 5.91 Å². The number of aliphatic hydroxyl groups is 1. The molecule has 0 aromatic heterocycles. The van der Waals surface area contributed by atoms with E-state index >= 15 is 0 Å². The highest BCUT2D eigenvalue weighted by atomic mass is 35.5.